The second-order valence-electron chi connectivity index (χ2n) is 9.06. The van der Waals surface area contributed by atoms with Crippen LogP contribution in [-0.4, -0.2) is 41.6 Å². The second kappa shape index (κ2) is 7.56. The Morgan fingerprint density at radius 3 is 2.63 bits per heavy atom. The van der Waals surface area contributed by atoms with Crippen LogP contribution < -0.4 is 16.0 Å². The van der Waals surface area contributed by atoms with Crippen molar-refractivity contribution in [2.24, 2.45) is 0 Å². The van der Waals surface area contributed by atoms with Crippen LogP contribution in [0.5, 0.6) is 0 Å². The van der Waals surface area contributed by atoms with Gasteiger partial charge < -0.3 is 20.0 Å². The molecule has 1 unspecified atom stereocenters. The predicted octanol–water partition coefficient (Wildman–Crippen LogP) is 2.20. The first-order valence-corrected chi connectivity index (χ1v) is 11.4. The summed E-state index contributed by atoms with van der Waals surface area (Å²) in [6.45, 7) is 2.54. The number of rotatable bonds is 5. The van der Waals surface area contributed by atoms with Crippen LogP contribution in [-0.2, 0) is 28.1 Å². The average Bonchev–Trinajstić information content (AvgIpc) is 3.60. The highest BCUT2D eigenvalue weighted by molar-refractivity contribution is 6.08. The topological polar surface area (TPSA) is 121 Å². The van der Waals surface area contributed by atoms with Crippen LogP contribution in [0.2, 0.25) is 0 Å². The van der Waals surface area contributed by atoms with E-state index in [1.807, 2.05) is 37.3 Å². The van der Waals surface area contributed by atoms with Crippen molar-refractivity contribution in [3.05, 3.63) is 76.6 Å². The molecule has 3 aromatic rings. The number of urea groups is 1. The summed E-state index contributed by atoms with van der Waals surface area (Å²) in [5.74, 6) is -0.536. The molecule has 4 heterocycles. The predicted molar refractivity (Wildman–Crippen MR) is 126 cm³/mol. The lowest BCUT2D eigenvalue weighted by Gasteiger charge is -2.29. The van der Waals surface area contributed by atoms with E-state index < -0.39 is 17.5 Å². The Bertz CT molecular complexity index is 1490. The molecule has 1 atom stereocenters. The van der Waals surface area contributed by atoms with Gasteiger partial charge in [-0.2, -0.15) is 0 Å². The summed E-state index contributed by atoms with van der Waals surface area (Å²) in [5, 5.41) is 8.77. The maximum absolute atomic E-state index is 13.2. The van der Waals surface area contributed by atoms with Gasteiger partial charge in [-0.05, 0) is 53.4 Å². The van der Waals surface area contributed by atoms with Crippen molar-refractivity contribution in [1.29, 1.82) is 0 Å². The van der Waals surface area contributed by atoms with Gasteiger partial charge in [-0.15, -0.1) is 0 Å². The molecule has 9 heteroatoms. The molecule has 1 fully saturated rings. The minimum Gasteiger partial charge on any atom is -0.458 e. The first kappa shape index (κ1) is 21.2. The molecule has 3 aliphatic rings. The number of amides is 4. The van der Waals surface area contributed by atoms with Crippen molar-refractivity contribution in [2.75, 3.05) is 13.1 Å². The second-order valence-corrected chi connectivity index (χ2v) is 9.06. The molecule has 0 spiro atoms. The zero-order valence-electron chi connectivity index (χ0n) is 18.9. The third-order valence-electron chi connectivity index (χ3n) is 6.84. The summed E-state index contributed by atoms with van der Waals surface area (Å²) in [4.78, 5) is 51.7. The van der Waals surface area contributed by atoms with Crippen LogP contribution in [0, 0.1) is 0 Å². The molecular formula is C26H22N4O5. The quantitative estimate of drug-likeness (QED) is 0.492. The van der Waals surface area contributed by atoms with E-state index in [4.69, 9.17) is 4.42 Å². The molecule has 3 N–H and O–H groups in total. The van der Waals surface area contributed by atoms with Gasteiger partial charge in [0, 0.05) is 29.3 Å². The molecule has 2 aromatic carbocycles. The first-order chi connectivity index (χ1) is 16.9. The summed E-state index contributed by atoms with van der Waals surface area (Å²) in [6.07, 6.45) is 2.36. The van der Waals surface area contributed by atoms with Crippen molar-refractivity contribution >= 4 is 40.3 Å². The molecule has 35 heavy (non-hydrogen) atoms. The monoisotopic (exact) mass is 470 g/mol. The SMILES string of the molecule is CCc1ccc2c(c1)C(=O)N(CC1(c3cc4cc(C5=CC(=O)CN5)ccc4o3)NC(=O)NC1=O)C2. The smallest absolute Gasteiger partial charge is 0.322 e. The third kappa shape index (κ3) is 3.30. The average molecular weight is 470 g/mol. The molecule has 6 rings (SSSR count). The van der Waals surface area contributed by atoms with Gasteiger partial charge in [0.05, 0.1) is 13.1 Å². The Morgan fingerprint density at radius 1 is 1.06 bits per heavy atom. The van der Waals surface area contributed by atoms with Crippen LogP contribution in [0.15, 0.2) is 53.0 Å². The van der Waals surface area contributed by atoms with E-state index in [0.29, 0.717) is 28.8 Å². The Labute approximate surface area is 200 Å². The van der Waals surface area contributed by atoms with Crippen LogP contribution in [0.1, 0.15) is 39.7 Å². The van der Waals surface area contributed by atoms with E-state index in [0.717, 1.165) is 23.1 Å². The minimum absolute atomic E-state index is 0.000365. The maximum atomic E-state index is 13.2. The van der Waals surface area contributed by atoms with Crippen LogP contribution >= 0.6 is 0 Å². The lowest BCUT2D eigenvalue weighted by Crippen LogP contribution is -2.52. The number of imide groups is 1. The Morgan fingerprint density at radius 2 is 1.91 bits per heavy atom. The molecule has 1 aromatic heterocycles. The maximum Gasteiger partial charge on any atom is 0.322 e. The van der Waals surface area contributed by atoms with Gasteiger partial charge in [0.1, 0.15) is 11.3 Å². The Balaban J connectivity index is 1.37. The van der Waals surface area contributed by atoms with Gasteiger partial charge >= 0.3 is 6.03 Å². The van der Waals surface area contributed by atoms with Gasteiger partial charge in [0.2, 0.25) is 0 Å². The molecular weight excluding hydrogens is 448 g/mol. The summed E-state index contributed by atoms with van der Waals surface area (Å²) >= 11 is 0. The number of carbonyl (C=O) groups is 4. The number of aryl methyl sites for hydroxylation is 1. The fourth-order valence-electron chi connectivity index (χ4n) is 4.95. The lowest BCUT2D eigenvalue weighted by molar-refractivity contribution is -0.125. The number of fused-ring (bicyclic) bond motifs is 2. The van der Waals surface area contributed by atoms with Crippen molar-refractivity contribution < 1.29 is 23.6 Å². The number of carbonyl (C=O) groups excluding carboxylic acids is 4. The zero-order valence-corrected chi connectivity index (χ0v) is 18.9. The number of nitrogens with zero attached hydrogens (tertiary/aromatic N) is 1. The number of nitrogens with one attached hydrogen (secondary N) is 3. The van der Waals surface area contributed by atoms with Crippen molar-refractivity contribution in [2.45, 2.75) is 25.4 Å². The summed E-state index contributed by atoms with van der Waals surface area (Å²) in [6, 6.07) is 12.3. The van der Waals surface area contributed by atoms with E-state index in [2.05, 4.69) is 16.0 Å². The van der Waals surface area contributed by atoms with Gasteiger partial charge in [0.25, 0.3) is 11.8 Å². The van der Waals surface area contributed by atoms with Crippen LogP contribution in [0.3, 0.4) is 0 Å². The number of furan rings is 1. The molecule has 4 amide bonds. The molecule has 0 aliphatic carbocycles. The molecule has 3 aliphatic heterocycles. The number of hydrogen-bond acceptors (Lipinski definition) is 6. The van der Waals surface area contributed by atoms with Gasteiger partial charge in [0.15, 0.2) is 11.3 Å². The molecule has 176 valence electrons. The van der Waals surface area contributed by atoms with E-state index in [1.54, 1.807) is 23.1 Å². The molecule has 1 saturated heterocycles. The summed E-state index contributed by atoms with van der Waals surface area (Å²) in [7, 11) is 0. The van der Waals surface area contributed by atoms with Crippen molar-refractivity contribution in [1.82, 2.24) is 20.9 Å². The fraction of sp³-hybridized carbons (Fsp3) is 0.231. The highest BCUT2D eigenvalue weighted by Crippen LogP contribution is 2.35. The van der Waals surface area contributed by atoms with E-state index in [9.17, 15) is 19.2 Å². The minimum atomic E-state index is -1.57. The zero-order chi connectivity index (χ0) is 24.3. The van der Waals surface area contributed by atoms with Gasteiger partial charge in [-0.1, -0.05) is 19.1 Å². The normalized spacial score (nSPS) is 21.3. The van der Waals surface area contributed by atoms with E-state index in [-0.39, 0.29) is 30.5 Å². The Kier molecular flexibility index (Phi) is 4.57. The fourth-order valence-corrected chi connectivity index (χ4v) is 4.95. The molecule has 9 nitrogen and oxygen atoms in total. The highest BCUT2D eigenvalue weighted by Gasteiger charge is 2.53. The van der Waals surface area contributed by atoms with E-state index >= 15 is 0 Å². The number of ketones is 1. The van der Waals surface area contributed by atoms with Crippen LogP contribution in [0.25, 0.3) is 16.7 Å². The third-order valence-corrected chi connectivity index (χ3v) is 6.84. The Hall–Kier alpha value is -4.40. The van der Waals surface area contributed by atoms with Crippen LogP contribution in [0.4, 0.5) is 4.79 Å². The standard InChI is InChI=1S/C26H22N4O5/c1-2-14-3-4-16-12-30(23(32)19(16)7-14)13-26(24(33)28-25(34)29-26)22-9-17-8-15(5-6-21(17)35-22)20-10-18(31)11-27-20/h3-10,27H,2,11-13H2,1H3,(H2,28,29,33,34). The molecule has 0 bridgehead atoms. The van der Waals surface area contributed by atoms with Gasteiger partial charge in [-0.3, -0.25) is 19.7 Å². The molecule has 0 radical (unpaired) electrons. The number of hydrogen-bond donors (Lipinski definition) is 3. The van der Waals surface area contributed by atoms with Crippen molar-refractivity contribution in [3.63, 3.8) is 0 Å². The first-order valence-electron chi connectivity index (χ1n) is 11.4. The largest absolute Gasteiger partial charge is 0.458 e. The van der Waals surface area contributed by atoms with Gasteiger partial charge in [-0.25, -0.2) is 4.79 Å². The molecule has 0 saturated carbocycles. The summed E-state index contributed by atoms with van der Waals surface area (Å²) < 4.78 is 6.05. The lowest BCUT2D eigenvalue weighted by atomic mass is 9.95. The van der Waals surface area contributed by atoms with Crippen molar-refractivity contribution in [3.8, 4) is 0 Å². The number of benzene rings is 2. The highest BCUT2D eigenvalue weighted by atomic mass is 16.3. The van der Waals surface area contributed by atoms with E-state index in [1.165, 1.54) is 0 Å². The summed E-state index contributed by atoms with van der Waals surface area (Å²) in [5.41, 5.74) is 3.03.